The maximum atomic E-state index is 13.9. The van der Waals surface area contributed by atoms with Crippen LogP contribution in [0.1, 0.15) is 15.9 Å². The van der Waals surface area contributed by atoms with E-state index in [9.17, 15) is 9.18 Å². The Morgan fingerprint density at radius 3 is 2.59 bits per heavy atom. The number of hydrogen-bond donors (Lipinski definition) is 1. The summed E-state index contributed by atoms with van der Waals surface area (Å²) in [5, 5.41) is 4.13. The van der Waals surface area contributed by atoms with Crippen molar-refractivity contribution < 1.29 is 13.6 Å². The van der Waals surface area contributed by atoms with Gasteiger partial charge >= 0.3 is 0 Å². The van der Waals surface area contributed by atoms with E-state index in [1.165, 1.54) is 6.07 Å². The second-order valence-corrected chi connectivity index (χ2v) is 6.90. The Kier molecular flexibility index (Phi) is 5.14. The van der Waals surface area contributed by atoms with E-state index in [0.717, 1.165) is 5.39 Å². The number of rotatable bonds is 3. The Morgan fingerprint density at radius 2 is 1.79 bits per heavy atom. The number of anilines is 1. The SMILES string of the molecule is Cc1c(F)cccc1N=c1oc2ccccc2cc1C(=O)Nc1ccc(Cl)cc1. The number of para-hydroxylation sites is 1. The molecular weight excluding hydrogens is 391 g/mol. The quantitative estimate of drug-likeness (QED) is 0.452. The molecule has 0 aliphatic heterocycles. The standard InChI is InChI=1S/C23H16ClFN2O2/c1-14-19(25)6-4-7-20(14)27-23-18(13-15-5-2-3-8-21(15)29-23)22(28)26-17-11-9-16(24)10-12-17/h2-13H,1H3,(H,26,28). The van der Waals surface area contributed by atoms with Crippen LogP contribution in [0.2, 0.25) is 5.02 Å². The van der Waals surface area contributed by atoms with Gasteiger partial charge in [-0.2, -0.15) is 0 Å². The molecule has 0 atom stereocenters. The molecule has 0 unspecified atom stereocenters. The number of fused-ring (bicyclic) bond motifs is 1. The second kappa shape index (κ2) is 7.89. The largest absolute Gasteiger partial charge is 0.438 e. The van der Waals surface area contributed by atoms with Gasteiger partial charge in [0, 0.05) is 21.7 Å². The molecule has 0 radical (unpaired) electrons. The molecule has 0 fully saturated rings. The Morgan fingerprint density at radius 1 is 1.03 bits per heavy atom. The van der Waals surface area contributed by atoms with Crippen LogP contribution >= 0.6 is 11.6 Å². The summed E-state index contributed by atoms with van der Waals surface area (Å²) in [5.74, 6) is -0.770. The predicted octanol–water partition coefficient (Wildman–Crippen LogP) is 6.02. The lowest BCUT2D eigenvalue weighted by molar-refractivity contribution is 0.102. The van der Waals surface area contributed by atoms with E-state index in [2.05, 4.69) is 10.3 Å². The molecule has 4 nitrogen and oxygen atoms in total. The molecule has 144 valence electrons. The van der Waals surface area contributed by atoms with Gasteiger partial charge < -0.3 is 9.73 Å². The van der Waals surface area contributed by atoms with Crippen molar-refractivity contribution in [3.05, 3.63) is 100 Å². The number of hydrogen-bond acceptors (Lipinski definition) is 3. The van der Waals surface area contributed by atoms with Crippen LogP contribution in [-0.4, -0.2) is 5.91 Å². The summed E-state index contributed by atoms with van der Waals surface area (Å²) < 4.78 is 19.8. The zero-order valence-corrected chi connectivity index (χ0v) is 16.2. The first kappa shape index (κ1) is 18.9. The third-order valence-electron chi connectivity index (χ3n) is 4.46. The third-order valence-corrected chi connectivity index (χ3v) is 4.72. The summed E-state index contributed by atoms with van der Waals surface area (Å²) in [6.45, 7) is 1.63. The van der Waals surface area contributed by atoms with Crippen molar-refractivity contribution in [1.82, 2.24) is 0 Å². The molecule has 3 aromatic carbocycles. The minimum atomic E-state index is -0.394. The fourth-order valence-electron chi connectivity index (χ4n) is 2.87. The van der Waals surface area contributed by atoms with Crippen molar-refractivity contribution in [2.24, 2.45) is 4.99 Å². The van der Waals surface area contributed by atoms with Crippen LogP contribution in [0.15, 0.2) is 82.2 Å². The molecule has 4 rings (SSSR count). The summed E-state index contributed by atoms with van der Waals surface area (Å²) in [5.41, 5.74) is 2.26. The van der Waals surface area contributed by atoms with E-state index in [1.54, 1.807) is 55.5 Å². The number of nitrogens with one attached hydrogen (secondary N) is 1. The van der Waals surface area contributed by atoms with Gasteiger partial charge in [0.25, 0.3) is 5.91 Å². The number of amides is 1. The predicted molar refractivity (Wildman–Crippen MR) is 112 cm³/mol. The first-order valence-corrected chi connectivity index (χ1v) is 9.29. The molecule has 29 heavy (non-hydrogen) atoms. The van der Waals surface area contributed by atoms with Crippen molar-refractivity contribution in [1.29, 1.82) is 0 Å². The van der Waals surface area contributed by atoms with E-state index in [-0.39, 0.29) is 16.9 Å². The average molecular weight is 407 g/mol. The Labute approximate surface area is 171 Å². The molecule has 0 saturated carbocycles. The Balaban J connectivity index is 1.86. The lowest BCUT2D eigenvalue weighted by atomic mass is 10.1. The Bertz CT molecular complexity index is 1280. The zero-order chi connectivity index (χ0) is 20.4. The summed E-state index contributed by atoms with van der Waals surface area (Å²) >= 11 is 5.90. The van der Waals surface area contributed by atoms with Gasteiger partial charge in [-0.25, -0.2) is 9.38 Å². The van der Waals surface area contributed by atoms with E-state index >= 15 is 0 Å². The van der Waals surface area contributed by atoms with Gasteiger partial charge in [0.05, 0.1) is 5.69 Å². The van der Waals surface area contributed by atoms with Gasteiger partial charge in [-0.15, -0.1) is 0 Å². The number of halogens is 2. The lowest BCUT2D eigenvalue weighted by Gasteiger charge is -2.08. The van der Waals surface area contributed by atoms with E-state index in [4.69, 9.17) is 16.0 Å². The van der Waals surface area contributed by atoms with Crippen LogP contribution in [0.5, 0.6) is 0 Å². The highest BCUT2D eigenvalue weighted by atomic mass is 35.5. The van der Waals surface area contributed by atoms with Crippen molar-refractivity contribution >= 4 is 39.9 Å². The monoisotopic (exact) mass is 406 g/mol. The van der Waals surface area contributed by atoms with Gasteiger partial charge in [-0.05, 0) is 55.5 Å². The van der Waals surface area contributed by atoms with Crippen LogP contribution in [0.4, 0.5) is 15.8 Å². The summed E-state index contributed by atoms with van der Waals surface area (Å²) in [4.78, 5) is 17.4. The molecule has 0 aliphatic rings. The summed E-state index contributed by atoms with van der Waals surface area (Å²) in [6, 6.07) is 20.4. The van der Waals surface area contributed by atoms with Crippen molar-refractivity contribution in [3.8, 4) is 0 Å². The number of benzene rings is 3. The highest BCUT2D eigenvalue weighted by Gasteiger charge is 2.14. The van der Waals surface area contributed by atoms with Crippen molar-refractivity contribution in [2.75, 3.05) is 5.32 Å². The molecular formula is C23H16ClFN2O2. The van der Waals surface area contributed by atoms with E-state index in [1.807, 2.05) is 18.2 Å². The lowest BCUT2D eigenvalue weighted by Crippen LogP contribution is -2.21. The van der Waals surface area contributed by atoms with Gasteiger partial charge in [0.15, 0.2) is 0 Å². The van der Waals surface area contributed by atoms with Crippen LogP contribution in [0.3, 0.4) is 0 Å². The fraction of sp³-hybridized carbons (Fsp3) is 0.0435. The second-order valence-electron chi connectivity index (χ2n) is 6.46. The first-order chi connectivity index (χ1) is 14.0. The molecule has 1 aromatic heterocycles. The highest BCUT2D eigenvalue weighted by molar-refractivity contribution is 6.30. The normalized spacial score (nSPS) is 11.6. The topological polar surface area (TPSA) is 54.6 Å². The molecule has 0 bridgehead atoms. The number of nitrogens with zero attached hydrogens (tertiary/aromatic N) is 1. The van der Waals surface area contributed by atoms with E-state index < -0.39 is 5.91 Å². The van der Waals surface area contributed by atoms with Crippen LogP contribution < -0.4 is 10.9 Å². The summed E-state index contributed by atoms with van der Waals surface area (Å²) in [7, 11) is 0. The average Bonchev–Trinajstić information content (AvgIpc) is 2.72. The van der Waals surface area contributed by atoms with E-state index in [0.29, 0.717) is 27.5 Å². The minimum absolute atomic E-state index is 0.101. The van der Waals surface area contributed by atoms with Crippen molar-refractivity contribution in [3.63, 3.8) is 0 Å². The molecule has 1 amide bonds. The smallest absolute Gasteiger partial charge is 0.261 e. The molecule has 0 saturated heterocycles. The maximum Gasteiger partial charge on any atom is 0.261 e. The Hall–Kier alpha value is -3.44. The minimum Gasteiger partial charge on any atom is -0.438 e. The highest BCUT2D eigenvalue weighted by Crippen LogP contribution is 2.21. The third kappa shape index (κ3) is 4.05. The molecule has 6 heteroatoms. The fourth-order valence-corrected chi connectivity index (χ4v) is 3.00. The van der Waals surface area contributed by atoms with Gasteiger partial charge in [-0.3, -0.25) is 4.79 Å². The number of carbonyl (C=O) groups is 1. The van der Waals surface area contributed by atoms with Gasteiger partial charge in [-0.1, -0.05) is 35.9 Å². The molecule has 0 spiro atoms. The molecule has 1 heterocycles. The van der Waals surface area contributed by atoms with Gasteiger partial charge in [0.1, 0.15) is 17.0 Å². The zero-order valence-electron chi connectivity index (χ0n) is 15.4. The van der Waals surface area contributed by atoms with Crippen LogP contribution in [-0.2, 0) is 0 Å². The molecule has 0 aliphatic carbocycles. The molecule has 1 N–H and O–H groups in total. The van der Waals surface area contributed by atoms with Crippen molar-refractivity contribution in [2.45, 2.75) is 6.92 Å². The van der Waals surface area contributed by atoms with Gasteiger partial charge in [0.2, 0.25) is 5.55 Å². The molecule has 4 aromatic rings. The van der Waals surface area contributed by atoms with Crippen LogP contribution in [0, 0.1) is 12.7 Å². The van der Waals surface area contributed by atoms with Crippen LogP contribution in [0.25, 0.3) is 11.0 Å². The summed E-state index contributed by atoms with van der Waals surface area (Å²) in [6.07, 6.45) is 0. The maximum absolute atomic E-state index is 13.9. The number of carbonyl (C=O) groups excluding carboxylic acids is 1. The first-order valence-electron chi connectivity index (χ1n) is 8.91.